The van der Waals surface area contributed by atoms with Crippen molar-refractivity contribution in [3.05, 3.63) is 69.7 Å². The van der Waals surface area contributed by atoms with Crippen LogP contribution < -0.4 is 10.6 Å². The normalized spacial score (nSPS) is 12.8. The van der Waals surface area contributed by atoms with Crippen molar-refractivity contribution in [3.63, 3.8) is 0 Å². The van der Waals surface area contributed by atoms with Gasteiger partial charge in [-0.1, -0.05) is 65.7 Å². The maximum Gasteiger partial charge on any atom is 0.200 e. The van der Waals surface area contributed by atoms with Crippen LogP contribution in [0.4, 0.5) is 11.4 Å². The molecule has 0 atom stereocenters. The Hall–Kier alpha value is -2.49. The maximum absolute atomic E-state index is 6.24. The molecule has 0 bridgehead atoms. The van der Waals surface area contributed by atoms with Crippen molar-refractivity contribution in [1.29, 1.82) is 0 Å². The topological polar surface area (TPSA) is 41.6 Å². The van der Waals surface area contributed by atoms with Gasteiger partial charge in [-0.3, -0.25) is 0 Å². The van der Waals surface area contributed by atoms with Crippen LogP contribution in [0.3, 0.4) is 0 Å². The van der Waals surface area contributed by atoms with Crippen LogP contribution in [0.1, 0.15) is 11.1 Å². The van der Waals surface area contributed by atoms with Crippen LogP contribution in [0, 0.1) is 0 Å². The number of rotatable bonds is 2. The van der Waals surface area contributed by atoms with Gasteiger partial charge in [-0.25, -0.2) is 4.99 Å². The van der Waals surface area contributed by atoms with Crippen LogP contribution in [0.2, 0.25) is 10.0 Å². The van der Waals surface area contributed by atoms with Gasteiger partial charge in [0.1, 0.15) is 0 Å². The van der Waals surface area contributed by atoms with Gasteiger partial charge in [0.05, 0.1) is 21.4 Å². The Kier molecular flexibility index (Phi) is 3.91. The first-order valence-corrected chi connectivity index (χ1v) is 8.57. The van der Waals surface area contributed by atoms with Crippen LogP contribution >= 0.6 is 23.2 Å². The molecule has 0 aliphatic heterocycles. The van der Waals surface area contributed by atoms with Crippen LogP contribution in [0.5, 0.6) is 0 Å². The maximum atomic E-state index is 6.24. The summed E-state index contributed by atoms with van der Waals surface area (Å²) < 4.78 is 0. The molecule has 0 unspecified atom stereocenters. The predicted octanol–water partition coefficient (Wildman–Crippen LogP) is 5.71. The van der Waals surface area contributed by atoms with Crippen molar-refractivity contribution in [1.82, 2.24) is 0 Å². The number of nitrogens with two attached hydrogens (primary N) is 1. The number of hydrogen-bond acceptors (Lipinski definition) is 1. The van der Waals surface area contributed by atoms with Crippen molar-refractivity contribution in [2.24, 2.45) is 10.7 Å². The van der Waals surface area contributed by atoms with Gasteiger partial charge in [-0.2, -0.15) is 0 Å². The van der Waals surface area contributed by atoms with Crippen molar-refractivity contribution in [3.8, 4) is 0 Å². The molecule has 3 aromatic rings. The molecular weight excluding hydrogens is 353 g/mol. The van der Waals surface area contributed by atoms with Gasteiger partial charge in [0.25, 0.3) is 0 Å². The van der Waals surface area contributed by atoms with Gasteiger partial charge in [-0.05, 0) is 34.5 Å². The summed E-state index contributed by atoms with van der Waals surface area (Å²) in [4.78, 5) is 6.31. The molecule has 0 saturated carbocycles. The van der Waals surface area contributed by atoms with Crippen LogP contribution in [0.25, 0.3) is 22.9 Å². The van der Waals surface area contributed by atoms with E-state index in [1.54, 1.807) is 18.2 Å². The SMILES string of the molecule is CN(C(N)=Nc1cccc(Cl)c1Cl)c1ccc2cccc3c2c1C=C3. The van der Waals surface area contributed by atoms with E-state index in [4.69, 9.17) is 28.9 Å². The van der Waals surface area contributed by atoms with Crippen LogP contribution in [-0.2, 0) is 0 Å². The second kappa shape index (κ2) is 6.10. The Bertz CT molecular complexity index is 1050. The molecule has 25 heavy (non-hydrogen) atoms. The molecule has 5 heteroatoms. The standard InChI is InChI=1S/C20H15Cl2N3/c1-25(20(23)24-16-7-3-6-15(21)19(16)22)17-11-9-13-5-2-4-12-8-10-14(17)18(12)13/h2-11H,1H3,(H2,23,24). The van der Waals surface area contributed by atoms with Gasteiger partial charge in [0.15, 0.2) is 0 Å². The molecule has 1 aliphatic carbocycles. The van der Waals surface area contributed by atoms with Crippen molar-refractivity contribution >= 4 is 63.5 Å². The van der Waals surface area contributed by atoms with E-state index in [2.05, 4.69) is 47.5 Å². The summed E-state index contributed by atoms with van der Waals surface area (Å²) >= 11 is 12.3. The molecule has 0 spiro atoms. The number of guanidine groups is 1. The highest BCUT2D eigenvalue weighted by atomic mass is 35.5. The molecule has 2 N–H and O–H groups in total. The minimum Gasteiger partial charge on any atom is -0.369 e. The highest BCUT2D eigenvalue weighted by Gasteiger charge is 2.17. The van der Waals surface area contributed by atoms with E-state index >= 15 is 0 Å². The zero-order valence-electron chi connectivity index (χ0n) is 13.5. The molecule has 0 aromatic heterocycles. The Balaban J connectivity index is 1.78. The summed E-state index contributed by atoms with van der Waals surface area (Å²) in [5.41, 5.74) is 10.1. The van der Waals surface area contributed by atoms with Gasteiger partial charge < -0.3 is 10.6 Å². The van der Waals surface area contributed by atoms with Crippen molar-refractivity contribution in [2.45, 2.75) is 0 Å². The van der Waals surface area contributed by atoms with Gasteiger partial charge >= 0.3 is 0 Å². The molecule has 4 rings (SSSR count). The van der Waals surface area contributed by atoms with E-state index in [9.17, 15) is 0 Å². The highest BCUT2D eigenvalue weighted by Crippen LogP contribution is 2.37. The zero-order chi connectivity index (χ0) is 17.6. The summed E-state index contributed by atoms with van der Waals surface area (Å²) in [6.07, 6.45) is 4.24. The lowest BCUT2D eigenvalue weighted by Gasteiger charge is -2.21. The summed E-state index contributed by atoms with van der Waals surface area (Å²) in [7, 11) is 1.89. The number of nitrogens with zero attached hydrogens (tertiary/aromatic N) is 2. The van der Waals surface area contributed by atoms with Gasteiger partial charge in [0.2, 0.25) is 5.96 Å². The molecule has 3 aromatic carbocycles. The van der Waals surface area contributed by atoms with Crippen molar-refractivity contribution < 1.29 is 0 Å². The van der Waals surface area contributed by atoms with E-state index in [1.807, 2.05) is 11.9 Å². The summed E-state index contributed by atoms with van der Waals surface area (Å²) in [5, 5.41) is 3.30. The molecule has 0 amide bonds. The minimum absolute atomic E-state index is 0.345. The monoisotopic (exact) mass is 367 g/mol. The summed E-state index contributed by atoms with van der Waals surface area (Å²) in [6.45, 7) is 0. The van der Waals surface area contributed by atoms with E-state index in [-0.39, 0.29) is 0 Å². The number of benzene rings is 3. The lowest BCUT2D eigenvalue weighted by Crippen LogP contribution is -2.34. The van der Waals surface area contributed by atoms with E-state index in [0.29, 0.717) is 21.7 Å². The molecule has 124 valence electrons. The number of hydrogen-bond donors (Lipinski definition) is 1. The predicted molar refractivity (Wildman–Crippen MR) is 109 cm³/mol. The van der Waals surface area contributed by atoms with Crippen LogP contribution in [0.15, 0.2) is 53.5 Å². The van der Waals surface area contributed by atoms with Gasteiger partial charge in [0, 0.05) is 12.6 Å². The smallest absolute Gasteiger partial charge is 0.200 e. The van der Waals surface area contributed by atoms with Crippen molar-refractivity contribution in [2.75, 3.05) is 11.9 Å². The third-order valence-corrected chi connectivity index (χ3v) is 5.20. The van der Waals surface area contributed by atoms with E-state index in [1.165, 1.54) is 16.3 Å². The highest BCUT2D eigenvalue weighted by molar-refractivity contribution is 6.43. The molecule has 0 radical (unpaired) electrons. The number of aliphatic imine (C=N–C) groups is 1. The Morgan fingerprint density at radius 2 is 1.80 bits per heavy atom. The first-order chi connectivity index (χ1) is 12.1. The molecule has 3 nitrogen and oxygen atoms in total. The van der Waals surface area contributed by atoms with E-state index < -0.39 is 0 Å². The zero-order valence-corrected chi connectivity index (χ0v) is 15.0. The fourth-order valence-electron chi connectivity index (χ4n) is 3.10. The molecule has 0 heterocycles. The van der Waals surface area contributed by atoms with Crippen LogP contribution in [-0.4, -0.2) is 13.0 Å². The fourth-order valence-corrected chi connectivity index (χ4v) is 3.44. The number of halogens is 2. The number of anilines is 1. The lowest BCUT2D eigenvalue weighted by molar-refractivity contribution is 1.22. The Morgan fingerprint density at radius 3 is 2.64 bits per heavy atom. The average Bonchev–Trinajstić information content (AvgIpc) is 3.05. The lowest BCUT2D eigenvalue weighted by atomic mass is 10.0. The molecule has 0 saturated heterocycles. The average molecular weight is 368 g/mol. The second-order valence-electron chi connectivity index (χ2n) is 5.88. The first-order valence-electron chi connectivity index (χ1n) is 7.82. The van der Waals surface area contributed by atoms with Gasteiger partial charge in [-0.15, -0.1) is 0 Å². The Labute approximate surface area is 156 Å². The largest absolute Gasteiger partial charge is 0.369 e. The molecular formula is C20H15Cl2N3. The molecule has 1 aliphatic rings. The van der Waals surface area contributed by atoms with E-state index in [0.717, 1.165) is 11.3 Å². The third-order valence-electron chi connectivity index (χ3n) is 4.40. The second-order valence-corrected chi connectivity index (χ2v) is 6.66. The minimum atomic E-state index is 0.345. The first kappa shape index (κ1) is 16.0. The summed E-state index contributed by atoms with van der Waals surface area (Å²) in [5.74, 6) is 0.345. The third kappa shape index (κ3) is 2.66. The summed E-state index contributed by atoms with van der Waals surface area (Å²) in [6, 6.07) is 15.7. The fraction of sp³-hybridized carbons (Fsp3) is 0.0500. The quantitative estimate of drug-likeness (QED) is 0.364. The molecule has 0 fully saturated rings. The Morgan fingerprint density at radius 1 is 1.00 bits per heavy atom.